The van der Waals surface area contributed by atoms with Crippen molar-refractivity contribution in [2.75, 3.05) is 13.1 Å². The number of carbonyl (C=O) groups excluding carboxylic acids is 2. The van der Waals surface area contributed by atoms with Gasteiger partial charge in [-0.15, -0.1) is 0 Å². The number of nitrogens with one attached hydrogen (secondary N) is 2. The molecule has 5 heteroatoms. The molecule has 1 fully saturated rings. The quantitative estimate of drug-likeness (QED) is 0.807. The molecule has 1 aliphatic heterocycles. The maximum Gasteiger partial charge on any atom is 0.233 e. The number of hydrogen-bond acceptors (Lipinski definition) is 2. The minimum Gasteiger partial charge on any atom is -0.355 e. The molecule has 1 aromatic rings. The summed E-state index contributed by atoms with van der Waals surface area (Å²) in [4.78, 5) is 24.1. The van der Waals surface area contributed by atoms with Crippen molar-refractivity contribution >= 4 is 11.8 Å². The van der Waals surface area contributed by atoms with Crippen molar-refractivity contribution < 1.29 is 9.59 Å². The van der Waals surface area contributed by atoms with Gasteiger partial charge >= 0.3 is 0 Å². The molecule has 2 amide bonds. The van der Waals surface area contributed by atoms with Gasteiger partial charge in [0.05, 0.1) is 0 Å². The molecule has 0 aromatic carbocycles. The molecule has 20 heavy (non-hydrogen) atoms. The standard InChI is InChI=1S/C15H23N3O2/c1-15(2,3)11-10-17-14(20)12(11)13(19)16-6-9-18-7-4-5-8-18/h4-5,7-8,11-12H,6,9-10H2,1-3H3,(H,16,19)(H,17,20)/t11-,12+/m0/s1. The molecule has 2 atom stereocenters. The van der Waals surface area contributed by atoms with Crippen molar-refractivity contribution in [1.82, 2.24) is 15.2 Å². The summed E-state index contributed by atoms with van der Waals surface area (Å²) in [6, 6.07) is 3.89. The van der Waals surface area contributed by atoms with Gasteiger partial charge in [-0.05, 0) is 17.5 Å². The van der Waals surface area contributed by atoms with Crippen LogP contribution in [0.4, 0.5) is 0 Å². The fraction of sp³-hybridized carbons (Fsp3) is 0.600. The topological polar surface area (TPSA) is 63.1 Å². The number of aromatic nitrogens is 1. The molecule has 1 aromatic heterocycles. The molecule has 2 rings (SSSR count). The van der Waals surface area contributed by atoms with E-state index in [0.717, 1.165) is 0 Å². The number of rotatable bonds is 4. The first kappa shape index (κ1) is 14.6. The Hall–Kier alpha value is -1.78. The SMILES string of the molecule is CC(C)(C)[C@H]1CNC(=O)[C@H]1C(=O)NCCn1cccc1. The van der Waals surface area contributed by atoms with E-state index in [2.05, 4.69) is 31.4 Å². The van der Waals surface area contributed by atoms with Crippen molar-refractivity contribution in [3.05, 3.63) is 24.5 Å². The van der Waals surface area contributed by atoms with Gasteiger partial charge in [0.25, 0.3) is 0 Å². The van der Waals surface area contributed by atoms with Crippen LogP contribution in [0.3, 0.4) is 0 Å². The lowest BCUT2D eigenvalue weighted by atomic mass is 9.74. The normalized spacial score (nSPS) is 22.6. The second-order valence-electron chi connectivity index (χ2n) is 6.41. The molecule has 0 bridgehead atoms. The predicted molar refractivity (Wildman–Crippen MR) is 76.9 cm³/mol. The first-order valence-electron chi connectivity index (χ1n) is 7.06. The third kappa shape index (κ3) is 3.21. The van der Waals surface area contributed by atoms with Crippen LogP contribution in [0.25, 0.3) is 0 Å². The summed E-state index contributed by atoms with van der Waals surface area (Å²) in [7, 11) is 0. The van der Waals surface area contributed by atoms with Crippen molar-refractivity contribution in [2.45, 2.75) is 27.3 Å². The van der Waals surface area contributed by atoms with Gasteiger partial charge in [0.15, 0.2) is 0 Å². The Morgan fingerprint density at radius 1 is 1.40 bits per heavy atom. The molecular weight excluding hydrogens is 254 g/mol. The fourth-order valence-corrected chi connectivity index (χ4v) is 2.67. The van der Waals surface area contributed by atoms with E-state index >= 15 is 0 Å². The van der Waals surface area contributed by atoms with E-state index in [9.17, 15) is 9.59 Å². The molecule has 0 radical (unpaired) electrons. The number of nitrogens with zero attached hydrogens (tertiary/aromatic N) is 1. The van der Waals surface area contributed by atoms with Gasteiger partial charge in [-0.25, -0.2) is 0 Å². The highest BCUT2D eigenvalue weighted by Gasteiger charge is 2.45. The lowest BCUT2D eigenvalue weighted by molar-refractivity contribution is -0.135. The monoisotopic (exact) mass is 277 g/mol. The Bertz CT molecular complexity index is 474. The van der Waals surface area contributed by atoms with E-state index in [1.165, 1.54) is 0 Å². The lowest BCUT2D eigenvalue weighted by Crippen LogP contribution is -2.41. The minimum atomic E-state index is -0.570. The van der Waals surface area contributed by atoms with Gasteiger partial charge in [0.1, 0.15) is 5.92 Å². The van der Waals surface area contributed by atoms with E-state index in [4.69, 9.17) is 0 Å². The molecule has 0 unspecified atom stereocenters. The van der Waals surface area contributed by atoms with Crippen LogP contribution in [0.5, 0.6) is 0 Å². The molecule has 2 heterocycles. The second-order valence-corrected chi connectivity index (χ2v) is 6.41. The van der Waals surface area contributed by atoms with Crippen LogP contribution in [0, 0.1) is 17.3 Å². The highest BCUT2D eigenvalue weighted by molar-refractivity contribution is 6.02. The summed E-state index contributed by atoms with van der Waals surface area (Å²) in [6.45, 7) is 8.04. The Balaban J connectivity index is 1.91. The second kappa shape index (κ2) is 5.69. The van der Waals surface area contributed by atoms with E-state index in [-0.39, 0.29) is 23.1 Å². The zero-order chi connectivity index (χ0) is 14.8. The summed E-state index contributed by atoms with van der Waals surface area (Å²) < 4.78 is 2.00. The first-order chi connectivity index (χ1) is 9.39. The summed E-state index contributed by atoms with van der Waals surface area (Å²) in [6.07, 6.45) is 3.90. The van der Waals surface area contributed by atoms with Gasteiger partial charge in [-0.1, -0.05) is 20.8 Å². The minimum absolute atomic E-state index is 0.0431. The number of amides is 2. The van der Waals surface area contributed by atoms with Gasteiger partial charge < -0.3 is 15.2 Å². The fourth-order valence-electron chi connectivity index (χ4n) is 2.67. The van der Waals surface area contributed by atoms with Crippen LogP contribution in [0.15, 0.2) is 24.5 Å². The predicted octanol–water partition coefficient (Wildman–Crippen LogP) is 1.01. The Morgan fingerprint density at radius 2 is 2.05 bits per heavy atom. The largest absolute Gasteiger partial charge is 0.355 e. The molecule has 0 spiro atoms. The van der Waals surface area contributed by atoms with Gasteiger partial charge in [-0.3, -0.25) is 9.59 Å². The van der Waals surface area contributed by atoms with Crippen LogP contribution >= 0.6 is 0 Å². The smallest absolute Gasteiger partial charge is 0.233 e. The van der Waals surface area contributed by atoms with Gasteiger partial charge in [-0.2, -0.15) is 0 Å². The zero-order valence-corrected chi connectivity index (χ0v) is 12.3. The van der Waals surface area contributed by atoms with Crippen molar-refractivity contribution in [3.8, 4) is 0 Å². The van der Waals surface area contributed by atoms with Crippen LogP contribution in [0.2, 0.25) is 0 Å². The van der Waals surface area contributed by atoms with E-state index in [1.54, 1.807) is 0 Å². The average molecular weight is 277 g/mol. The Labute approximate surface area is 119 Å². The molecule has 5 nitrogen and oxygen atoms in total. The van der Waals surface area contributed by atoms with Crippen molar-refractivity contribution in [2.24, 2.45) is 17.3 Å². The summed E-state index contributed by atoms with van der Waals surface area (Å²) in [5.74, 6) is -0.836. The Kier molecular flexibility index (Phi) is 4.16. The van der Waals surface area contributed by atoms with Crippen LogP contribution in [-0.2, 0) is 16.1 Å². The summed E-state index contributed by atoms with van der Waals surface area (Å²) >= 11 is 0. The van der Waals surface area contributed by atoms with E-state index < -0.39 is 5.92 Å². The Morgan fingerprint density at radius 3 is 2.65 bits per heavy atom. The molecule has 0 aliphatic carbocycles. The highest BCUT2D eigenvalue weighted by atomic mass is 16.2. The van der Waals surface area contributed by atoms with Gasteiger partial charge in [0, 0.05) is 37.9 Å². The third-order valence-corrected chi connectivity index (χ3v) is 3.91. The molecule has 0 saturated carbocycles. The van der Waals surface area contributed by atoms with E-state index in [0.29, 0.717) is 19.6 Å². The maximum atomic E-state index is 12.3. The highest BCUT2D eigenvalue weighted by Crippen LogP contribution is 2.35. The molecule has 1 aliphatic rings. The molecule has 1 saturated heterocycles. The third-order valence-electron chi connectivity index (χ3n) is 3.91. The van der Waals surface area contributed by atoms with Crippen LogP contribution < -0.4 is 10.6 Å². The zero-order valence-electron chi connectivity index (χ0n) is 12.3. The van der Waals surface area contributed by atoms with Gasteiger partial charge in [0.2, 0.25) is 11.8 Å². The first-order valence-corrected chi connectivity index (χ1v) is 7.06. The van der Waals surface area contributed by atoms with Crippen molar-refractivity contribution in [3.63, 3.8) is 0 Å². The lowest BCUT2D eigenvalue weighted by Gasteiger charge is -2.29. The van der Waals surface area contributed by atoms with Crippen LogP contribution in [0.1, 0.15) is 20.8 Å². The van der Waals surface area contributed by atoms with E-state index in [1.807, 2.05) is 29.1 Å². The summed E-state index contributed by atoms with van der Waals surface area (Å²) in [5.41, 5.74) is -0.0679. The molecule has 2 N–H and O–H groups in total. The summed E-state index contributed by atoms with van der Waals surface area (Å²) in [5, 5.41) is 5.68. The van der Waals surface area contributed by atoms with Crippen molar-refractivity contribution in [1.29, 1.82) is 0 Å². The van der Waals surface area contributed by atoms with Crippen LogP contribution in [-0.4, -0.2) is 29.5 Å². The number of hydrogen-bond donors (Lipinski definition) is 2. The average Bonchev–Trinajstić information content (AvgIpc) is 2.97. The number of carbonyl (C=O) groups is 2. The maximum absolute atomic E-state index is 12.3. The molecule has 110 valence electrons. The molecular formula is C15H23N3O2.